The monoisotopic (exact) mass is 297 g/mol. The van der Waals surface area contributed by atoms with Crippen LogP contribution in [0, 0.1) is 0 Å². The maximum absolute atomic E-state index is 12.1. The molecular weight excluding hydrogens is 278 g/mol. The molecule has 0 bridgehead atoms. The fourth-order valence-electron chi connectivity index (χ4n) is 1.85. The Morgan fingerprint density at radius 1 is 1.35 bits per heavy atom. The van der Waals surface area contributed by atoms with E-state index in [-0.39, 0.29) is 5.78 Å². The topological polar surface area (TPSA) is 20.3 Å². The first-order valence-electron chi connectivity index (χ1n) is 6.08. The smallest absolute Gasteiger partial charge is 0.165 e. The van der Waals surface area contributed by atoms with Crippen LogP contribution in [0.2, 0.25) is 0 Å². The largest absolute Gasteiger partial charge is 0.301 e. The SMILES string of the molecule is CCN(CCC(=O)c1ccccc1Br)C(C)C. The first-order chi connectivity index (χ1) is 8.06. The molecule has 0 spiro atoms. The minimum Gasteiger partial charge on any atom is -0.301 e. The second-order valence-corrected chi connectivity index (χ2v) is 5.23. The number of carbonyl (C=O) groups is 1. The van der Waals surface area contributed by atoms with Crippen LogP contribution in [0.3, 0.4) is 0 Å². The highest BCUT2D eigenvalue weighted by Crippen LogP contribution is 2.17. The van der Waals surface area contributed by atoms with E-state index in [1.807, 2.05) is 24.3 Å². The number of benzene rings is 1. The Morgan fingerprint density at radius 2 is 2.00 bits per heavy atom. The highest BCUT2D eigenvalue weighted by atomic mass is 79.9. The molecule has 0 heterocycles. The Hall–Kier alpha value is -0.670. The fraction of sp³-hybridized carbons (Fsp3) is 0.500. The van der Waals surface area contributed by atoms with E-state index in [0.29, 0.717) is 12.5 Å². The van der Waals surface area contributed by atoms with E-state index in [0.717, 1.165) is 23.1 Å². The van der Waals surface area contributed by atoms with Gasteiger partial charge in [-0.1, -0.05) is 41.1 Å². The molecule has 0 saturated heterocycles. The van der Waals surface area contributed by atoms with Crippen LogP contribution in [0.25, 0.3) is 0 Å². The molecule has 94 valence electrons. The third-order valence-electron chi connectivity index (χ3n) is 2.94. The van der Waals surface area contributed by atoms with Crippen molar-refractivity contribution in [1.29, 1.82) is 0 Å². The molecule has 0 unspecified atom stereocenters. The molecule has 0 amide bonds. The Morgan fingerprint density at radius 3 is 2.53 bits per heavy atom. The Kier molecular flexibility index (Phi) is 5.86. The van der Waals surface area contributed by atoms with Gasteiger partial charge in [0, 0.05) is 29.0 Å². The molecule has 0 fully saturated rings. The number of rotatable bonds is 6. The third-order valence-corrected chi connectivity index (χ3v) is 3.63. The van der Waals surface area contributed by atoms with E-state index in [1.54, 1.807) is 0 Å². The molecule has 0 aromatic heterocycles. The van der Waals surface area contributed by atoms with Crippen LogP contribution in [-0.4, -0.2) is 29.8 Å². The normalized spacial score (nSPS) is 11.2. The predicted molar refractivity (Wildman–Crippen MR) is 75.5 cm³/mol. The van der Waals surface area contributed by atoms with Crippen LogP contribution < -0.4 is 0 Å². The maximum atomic E-state index is 12.1. The number of Topliss-reactive ketones (excluding diaryl/α,β-unsaturated/α-hetero) is 1. The number of hydrogen-bond donors (Lipinski definition) is 0. The molecule has 0 N–H and O–H groups in total. The number of hydrogen-bond acceptors (Lipinski definition) is 2. The fourth-order valence-corrected chi connectivity index (χ4v) is 2.35. The standard InChI is InChI=1S/C14H20BrNO/c1-4-16(11(2)3)10-9-14(17)12-7-5-6-8-13(12)15/h5-8,11H,4,9-10H2,1-3H3. The van der Waals surface area contributed by atoms with Crippen LogP contribution in [0.5, 0.6) is 0 Å². The van der Waals surface area contributed by atoms with Crippen molar-refractivity contribution in [2.45, 2.75) is 33.2 Å². The number of halogens is 1. The van der Waals surface area contributed by atoms with Gasteiger partial charge in [-0.05, 0) is 26.5 Å². The van der Waals surface area contributed by atoms with Gasteiger partial charge in [0.05, 0.1) is 0 Å². The molecule has 0 atom stereocenters. The summed E-state index contributed by atoms with van der Waals surface area (Å²) in [6.07, 6.45) is 0.578. The van der Waals surface area contributed by atoms with Crippen LogP contribution >= 0.6 is 15.9 Å². The molecule has 17 heavy (non-hydrogen) atoms. The van der Waals surface area contributed by atoms with E-state index in [2.05, 4.69) is 41.6 Å². The van der Waals surface area contributed by atoms with Crippen LogP contribution in [0.15, 0.2) is 28.7 Å². The quantitative estimate of drug-likeness (QED) is 0.745. The molecule has 1 aromatic carbocycles. The second kappa shape index (κ2) is 6.92. The van der Waals surface area contributed by atoms with Crippen molar-refractivity contribution in [3.05, 3.63) is 34.3 Å². The summed E-state index contributed by atoms with van der Waals surface area (Å²) in [5.41, 5.74) is 0.785. The van der Waals surface area contributed by atoms with Gasteiger partial charge in [0.25, 0.3) is 0 Å². The summed E-state index contributed by atoms with van der Waals surface area (Å²) < 4.78 is 0.887. The summed E-state index contributed by atoms with van der Waals surface area (Å²) >= 11 is 3.42. The Bertz CT molecular complexity index is 376. The van der Waals surface area contributed by atoms with E-state index in [4.69, 9.17) is 0 Å². The van der Waals surface area contributed by atoms with Crippen molar-refractivity contribution in [3.63, 3.8) is 0 Å². The average molecular weight is 298 g/mol. The summed E-state index contributed by atoms with van der Waals surface area (Å²) in [6.45, 7) is 8.26. The van der Waals surface area contributed by atoms with E-state index in [9.17, 15) is 4.79 Å². The molecular formula is C14H20BrNO. The van der Waals surface area contributed by atoms with Crippen molar-refractivity contribution in [2.75, 3.05) is 13.1 Å². The molecule has 0 saturated carbocycles. The molecule has 1 aromatic rings. The van der Waals surface area contributed by atoms with Crippen molar-refractivity contribution in [2.24, 2.45) is 0 Å². The van der Waals surface area contributed by atoms with E-state index >= 15 is 0 Å². The minimum atomic E-state index is 0.205. The van der Waals surface area contributed by atoms with Gasteiger partial charge < -0.3 is 4.90 Å². The molecule has 0 aliphatic rings. The zero-order chi connectivity index (χ0) is 12.8. The minimum absolute atomic E-state index is 0.205. The predicted octanol–water partition coefficient (Wildman–Crippen LogP) is 3.75. The van der Waals surface area contributed by atoms with Crippen LogP contribution in [-0.2, 0) is 0 Å². The molecule has 0 aliphatic carbocycles. The number of nitrogens with zero attached hydrogens (tertiary/aromatic N) is 1. The van der Waals surface area contributed by atoms with Crippen molar-refractivity contribution < 1.29 is 4.79 Å². The molecule has 3 heteroatoms. The van der Waals surface area contributed by atoms with Crippen molar-refractivity contribution >= 4 is 21.7 Å². The number of ketones is 1. The second-order valence-electron chi connectivity index (χ2n) is 4.38. The highest BCUT2D eigenvalue weighted by molar-refractivity contribution is 9.10. The van der Waals surface area contributed by atoms with Crippen molar-refractivity contribution in [1.82, 2.24) is 4.90 Å². The first kappa shape index (κ1) is 14.4. The molecule has 0 aliphatic heterocycles. The van der Waals surface area contributed by atoms with Gasteiger partial charge in [0.2, 0.25) is 0 Å². The summed E-state index contributed by atoms with van der Waals surface area (Å²) in [5.74, 6) is 0.205. The Labute approximate surface area is 112 Å². The summed E-state index contributed by atoms with van der Waals surface area (Å²) in [6, 6.07) is 8.10. The van der Waals surface area contributed by atoms with Gasteiger partial charge >= 0.3 is 0 Å². The highest BCUT2D eigenvalue weighted by Gasteiger charge is 2.12. The lowest BCUT2D eigenvalue weighted by atomic mass is 10.1. The average Bonchev–Trinajstić information content (AvgIpc) is 2.29. The zero-order valence-electron chi connectivity index (χ0n) is 10.7. The van der Waals surface area contributed by atoms with Gasteiger partial charge in [-0.3, -0.25) is 4.79 Å². The number of carbonyl (C=O) groups excluding carboxylic acids is 1. The molecule has 2 nitrogen and oxygen atoms in total. The van der Waals surface area contributed by atoms with Gasteiger partial charge in [0.1, 0.15) is 0 Å². The lowest BCUT2D eigenvalue weighted by Gasteiger charge is -2.24. The van der Waals surface area contributed by atoms with Crippen LogP contribution in [0.1, 0.15) is 37.6 Å². The zero-order valence-corrected chi connectivity index (χ0v) is 12.3. The van der Waals surface area contributed by atoms with Gasteiger partial charge in [-0.25, -0.2) is 0 Å². The molecule has 0 radical (unpaired) electrons. The lowest BCUT2D eigenvalue weighted by Crippen LogP contribution is -2.32. The van der Waals surface area contributed by atoms with Crippen molar-refractivity contribution in [3.8, 4) is 0 Å². The third kappa shape index (κ3) is 4.25. The Balaban J connectivity index is 2.59. The summed E-state index contributed by atoms with van der Waals surface area (Å²) in [5, 5.41) is 0. The summed E-state index contributed by atoms with van der Waals surface area (Å²) in [4.78, 5) is 14.4. The lowest BCUT2D eigenvalue weighted by molar-refractivity contribution is 0.0957. The molecule has 1 rings (SSSR count). The van der Waals surface area contributed by atoms with Crippen LogP contribution in [0.4, 0.5) is 0 Å². The van der Waals surface area contributed by atoms with Gasteiger partial charge in [-0.2, -0.15) is 0 Å². The van der Waals surface area contributed by atoms with E-state index in [1.165, 1.54) is 0 Å². The first-order valence-corrected chi connectivity index (χ1v) is 6.87. The van der Waals surface area contributed by atoms with Gasteiger partial charge in [-0.15, -0.1) is 0 Å². The maximum Gasteiger partial charge on any atom is 0.165 e. The van der Waals surface area contributed by atoms with E-state index < -0.39 is 0 Å². The summed E-state index contributed by atoms with van der Waals surface area (Å²) in [7, 11) is 0. The van der Waals surface area contributed by atoms with Gasteiger partial charge in [0.15, 0.2) is 5.78 Å².